The Hall–Kier alpha value is -0.550. The largest absolute Gasteiger partial charge is 0.382 e. The van der Waals surface area contributed by atoms with Crippen molar-refractivity contribution in [3.63, 3.8) is 0 Å². The van der Waals surface area contributed by atoms with Crippen LogP contribution in [-0.4, -0.2) is 26.0 Å². The summed E-state index contributed by atoms with van der Waals surface area (Å²) in [7, 11) is -2.92. The van der Waals surface area contributed by atoms with E-state index < -0.39 is 9.84 Å². The Morgan fingerprint density at radius 2 is 2.05 bits per heavy atom. The Morgan fingerprint density at radius 3 is 2.68 bits per heavy atom. The first-order chi connectivity index (χ1) is 8.86. The molecule has 1 aromatic rings. The maximum Gasteiger partial charge on any atom is 0.150 e. The van der Waals surface area contributed by atoms with Gasteiger partial charge in [0.25, 0.3) is 0 Å². The van der Waals surface area contributed by atoms with Crippen LogP contribution in [0.15, 0.2) is 22.7 Å². The summed E-state index contributed by atoms with van der Waals surface area (Å²) in [6.45, 7) is 2.05. The van der Waals surface area contributed by atoms with Crippen molar-refractivity contribution < 1.29 is 8.42 Å². The molecular weight excluding hydrogens is 326 g/mol. The number of hydrogen-bond donors (Lipinski definition) is 1. The maximum atomic E-state index is 11.6. The Balaban J connectivity index is 2.04. The first kappa shape index (κ1) is 14.9. The van der Waals surface area contributed by atoms with E-state index in [0.29, 0.717) is 6.42 Å². The lowest BCUT2D eigenvalue weighted by Gasteiger charge is -2.29. The fourth-order valence-corrected chi connectivity index (χ4v) is 4.14. The molecule has 2 rings (SSSR count). The van der Waals surface area contributed by atoms with Crippen LogP contribution >= 0.6 is 15.9 Å². The van der Waals surface area contributed by atoms with Crippen molar-refractivity contribution in [3.8, 4) is 0 Å². The van der Waals surface area contributed by atoms with E-state index in [0.717, 1.165) is 29.4 Å². The van der Waals surface area contributed by atoms with Crippen molar-refractivity contribution in [2.75, 3.05) is 11.6 Å². The number of aryl methyl sites for hydroxylation is 1. The Labute approximate surface area is 123 Å². The second-order valence-electron chi connectivity index (χ2n) is 5.42. The lowest BCUT2D eigenvalue weighted by Crippen LogP contribution is -2.34. The third-order valence-corrected chi connectivity index (χ3v) is 6.27. The zero-order valence-corrected chi connectivity index (χ0v) is 13.7. The van der Waals surface area contributed by atoms with Gasteiger partial charge in [0.2, 0.25) is 0 Å². The first-order valence-corrected chi connectivity index (χ1v) is 9.32. The average Bonchev–Trinajstić information content (AvgIpc) is 2.33. The van der Waals surface area contributed by atoms with Gasteiger partial charge in [0.05, 0.1) is 5.25 Å². The molecule has 1 N–H and O–H groups in total. The summed E-state index contributed by atoms with van der Waals surface area (Å²) in [5, 5.41) is 3.27. The monoisotopic (exact) mass is 345 g/mol. The molecule has 0 radical (unpaired) electrons. The molecule has 1 fully saturated rings. The van der Waals surface area contributed by atoms with Crippen LogP contribution in [-0.2, 0) is 9.84 Å². The smallest absolute Gasteiger partial charge is 0.150 e. The zero-order chi connectivity index (χ0) is 14.0. The second-order valence-corrected chi connectivity index (χ2v) is 8.60. The molecule has 2 atom stereocenters. The van der Waals surface area contributed by atoms with Gasteiger partial charge in [-0.1, -0.05) is 28.4 Å². The standard InChI is InChI=1S/C14H20BrNO2S/c1-10-6-7-12(9-14(10)15)16-11-4-3-5-13(8-11)19(2,17)18/h6-7,9,11,13,16H,3-5,8H2,1-2H3. The van der Waals surface area contributed by atoms with Crippen LogP contribution in [0.4, 0.5) is 5.69 Å². The van der Waals surface area contributed by atoms with Gasteiger partial charge in [-0.05, 0) is 43.9 Å². The highest BCUT2D eigenvalue weighted by Crippen LogP contribution is 2.28. The number of halogens is 1. The van der Waals surface area contributed by atoms with Gasteiger partial charge in [0, 0.05) is 22.5 Å². The van der Waals surface area contributed by atoms with E-state index in [1.54, 1.807) is 0 Å². The highest BCUT2D eigenvalue weighted by Gasteiger charge is 2.28. The van der Waals surface area contributed by atoms with Crippen LogP contribution in [0, 0.1) is 6.92 Å². The van der Waals surface area contributed by atoms with Crippen LogP contribution in [0.25, 0.3) is 0 Å². The lowest BCUT2D eigenvalue weighted by atomic mass is 9.94. The van der Waals surface area contributed by atoms with Gasteiger partial charge in [-0.3, -0.25) is 0 Å². The number of rotatable bonds is 3. The van der Waals surface area contributed by atoms with E-state index in [2.05, 4.69) is 33.4 Å². The zero-order valence-electron chi connectivity index (χ0n) is 11.3. The summed E-state index contributed by atoms with van der Waals surface area (Å²) >= 11 is 3.52. The molecule has 0 aromatic heterocycles. The van der Waals surface area contributed by atoms with Crippen molar-refractivity contribution in [1.29, 1.82) is 0 Å². The van der Waals surface area contributed by atoms with Gasteiger partial charge >= 0.3 is 0 Å². The van der Waals surface area contributed by atoms with Gasteiger partial charge in [0.15, 0.2) is 0 Å². The molecule has 1 saturated carbocycles. The quantitative estimate of drug-likeness (QED) is 0.911. The predicted molar refractivity (Wildman–Crippen MR) is 83.4 cm³/mol. The molecular formula is C14H20BrNO2S. The molecule has 3 nitrogen and oxygen atoms in total. The van der Waals surface area contributed by atoms with Crippen LogP contribution in [0.5, 0.6) is 0 Å². The molecule has 0 amide bonds. The molecule has 0 heterocycles. The maximum absolute atomic E-state index is 11.6. The fraction of sp³-hybridized carbons (Fsp3) is 0.571. The summed E-state index contributed by atoms with van der Waals surface area (Å²) in [6, 6.07) is 6.41. The van der Waals surface area contributed by atoms with E-state index in [9.17, 15) is 8.42 Å². The van der Waals surface area contributed by atoms with Crippen molar-refractivity contribution >= 4 is 31.5 Å². The molecule has 0 saturated heterocycles. The molecule has 106 valence electrons. The van der Waals surface area contributed by atoms with Crippen LogP contribution in [0.3, 0.4) is 0 Å². The van der Waals surface area contributed by atoms with E-state index in [4.69, 9.17) is 0 Å². The van der Waals surface area contributed by atoms with Crippen LogP contribution < -0.4 is 5.32 Å². The van der Waals surface area contributed by atoms with Gasteiger partial charge in [-0.2, -0.15) is 0 Å². The summed E-state index contributed by atoms with van der Waals surface area (Å²) in [6.07, 6.45) is 4.88. The average molecular weight is 346 g/mol. The molecule has 2 unspecified atom stereocenters. The summed E-state index contributed by atoms with van der Waals surface area (Å²) < 4.78 is 24.4. The number of nitrogens with one attached hydrogen (secondary N) is 1. The van der Waals surface area contributed by atoms with Crippen LogP contribution in [0.2, 0.25) is 0 Å². The molecule has 1 aliphatic rings. The highest BCUT2D eigenvalue weighted by atomic mass is 79.9. The van der Waals surface area contributed by atoms with E-state index in [-0.39, 0.29) is 11.3 Å². The van der Waals surface area contributed by atoms with Crippen molar-refractivity contribution in [2.45, 2.75) is 43.9 Å². The van der Waals surface area contributed by atoms with Crippen LogP contribution in [0.1, 0.15) is 31.2 Å². The lowest BCUT2D eigenvalue weighted by molar-refractivity contribution is 0.453. The van der Waals surface area contributed by atoms with E-state index in [1.807, 2.05) is 13.0 Å². The fourth-order valence-electron chi connectivity index (χ4n) is 2.58. The third-order valence-electron chi connectivity index (χ3n) is 3.77. The van der Waals surface area contributed by atoms with Gasteiger partial charge in [0.1, 0.15) is 9.84 Å². The second kappa shape index (κ2) is 5.83. The molecule has 1 aromatic carbocycles. The number of anilines is 1. The summed E-state index contributed by atoms with van der Waals surface area (Å²) in [5.74, 6) is 0. The highest BCUT2D eigenvalue weighted by molar-refractivity contribution is 9.10. The van der Waals surface area contributed by atoms with Gasteiger partial charge in [-0.25, -0.2) is 8.42 Å². The van der Waals surface area contributed by atoms with Crippen molar-refractivity contribution in [2.24, 2.45) is 0 Å². The Morgan fingerprint density at radius 1 is 1.32 bits per heavy atom. The Bertz CT molecular complexity index is 557. The SMILES string of the molecule is Cc1ccc(NC2CCCC(S(C)(=O)=O)C2)cc1Br. The Kier molecular flexibility index (Phi) is 4.56. The summed E-state index contributed by atoms with van der Waals surface area (Å²) in [5.41, 5.74) is 2.25. The van der Waals surface area contributed by atoms with Crippen molar-refractivity contribution in [1.82, 2.24) is 0 Å². The molecule has 0 aliphatic heterocycles. The molecule has 19 heavy (non-hydrogen) atoms. The van der Waals surface area contributed by atoms with E-state index >= 15 is 0 Å². The normalized spacial score (nSPS) is 24.2. The van der Waals surface area contributed by atoms with Crippen molar-refractivity contribution in [3.05, 3.63) is 28.2 Å². The number of sulfone groups is 1. The number of benzene rings is 1. The molecule has 0 spiro atoms. The molecule has 0 bridgehead atoms. The number of hydrogen-bond acceptors (Lipinski definition) is 3. The van der Waals surface area contributed by atoms with Gasteiger partial charge < -0.3 is 5.32 Å². The minimum absolute atomic E-state index is 0.187. The van der Waals surface area contributed by atoms with E-state index in [1.165, 1.54) is 11.8 Å². The topological polar surface area (TPSA) is 46.2 Å². The third kappa shape index (κ3) is 3.96. The predicted octanol–water partition coefficient (Wildman–Crippen LogP) is 3.53. The minimum Gasteiger partial charge on any atom is -0.382 e. The van der Waals surface area contributed by atoms with Gasteiger partial charge in [-0.15, -0.1) is 0 Å². The minimum atomic E-state index is -2.92. The summed E-state index contributed by atoms with van der Waals surface area (Å²) in [4.78, 5) is 0. The molecule has 1 aliphatic carbocycles. The first-order valence-electron chi connectivity index (χ1n) is 6.58. The molecule has 5 heteroatoms.